The highest BCUT2D eigenvalue weighted by Crippen LogP contribution is 2.20. The van der Waals surface area contributed by atoms with Crippen molar-refractivity contribution in [3.8, 4) is 0 Å². The number of benzene rings is 1. The summed E-state index contributed by atoms with van der Waals surface area (Å²) in [5.41, 5.74) is 7.24. The van der Waals surface area contributed by atoms with E-state index in [1.54, 1.807) is 0 Å². The number of amides is 3. The fraction of sp³-hybridized carbons (Fsp3) is 0.500. The van der Waals surface area contributed by atoms with Gasteiger partial charge in [-0.3, -0.25) is 4.79 Å². The average Bonchev–Trinajstić information content (AvgIpc) is 2.46. The lowest BCUT2D eigenvalue weighted by atomic mass is 10.0. The van der Waals surface area contributed by atoms with Crippen LogP contribution in [-0.2, 0) is 4.79 Å². The number of carbonyl (C=O) groups is 2. The molecule has 1 saturated heterocycles. The molecule has 3 amide bonds. The van der Waals surface area contributed by atoms with E-state index in [9.17, 15) is 9.59 Å². The first-order valence-electron chi connectivity index (χ1n) is 7.60. The van der Waals surface area contributed by atoms with Crippen LogP contribution < -0.4 is 16.4 Å². The fourth-order valence-corrected chi connectivity index (χ4v) is 2.81. The predicted octanol–water partition coefficient (Wildman–Crippen LogP) is 1.34. The highest BCUT2D eigenvalue weighted by molar-refractivity contribution is 5.85. The van der Waals surface area contributed by atoms with Gasteiger partial charge in [0.2, 0.25) is 5.91 Å². The summed E-state index contributed by atoms with van der Waals surface area (Å²) < 4.78 is 0. The average molecular weight is 341 g/mol. The minimum atomic E-state index is -0.618. The molecule has 1 fully saturated rings. The van der Waals surface area contributed by atoms with Crippen LogP contribution in [0.25, 0.3) is 0 Å². The number of aryl methyl sites for hydroxylation is 1. The molecule has 0 radical (unpaired) electrons. The zero-order chi connectivity index (χ0) is 16.1. The summed E-state index contributed by atoms with van der Waals surface area (Å²) in [6, 6.07) is 6.91. The van der Waals surface area contributed by atoms with Gasteiger partial charge < -0.3 is 21.3 Å². The second kappa shape index (κ2) is 8.74. The molecule has 6 nitrogen and oxygen atoms in total. The Bertz CT molecular complexity index is 553. The van der Waals surface area contributed by atoms with E-state index in [2.05, 4.69) is 10.6 Å². The van der Waals surface area contributed by atoms with Crippen molar-refractivity contribution in [3.05, 3.63) is 35.4 Å². The van der Waals surface area contributed by atoms with Crippen molar-refractivity contribution < 1.29 is 9.59 Å². The van der Waals surface area contributed by atoms with Crippen molar-refractivity contribution in [3.63, 3.8) is 0 Å². The Kier molecular flexibility index (Phi) is 7.32. The van der Waals surface area contributed by atoms with Gasteiger partial charge in [0.05, 0.1) is 12.5 Å². The van der Waals surface area contributed by atoms with E-state index in [0.717, 1.165) is 24.2 Å². The van der Waals surface area contributed by atoms with Gasteiger partial charge in [0.1, 0.15) is 0 Å². The van der Waals surface area contributed by atoms with E-state index >= 15 is 0 Å². The summed E-state index contributed by atoms with van der Waals surface area (Å²) in [4.78, 5) is 25.7. The van der Waals surface area contributed by atoms with Crippen molar-refractivity contribution in [2.45, 2.75) is 32.4 Å². The maximum absolute atomic E-state index is 12.6. The molecule has 0 saturated carbocycles. The lowest BCUT2D eigenvalue weighted by Gasteiger charge is -2.35. The van der Waals surface area contributed by atoms with Gasteiger partial charge in [-0.2, -0.15) is 0 Å². The molecule has 0 aromatic heterocycles. The number of rotatable bonds is 4. The van der Waals surface area contributed by atoms with Gasteiger partial charge in [0, 0.05) is 25.7 Å². The third kappa shape index (κ3) is 5.41. The van der Waals surface area contributed by atoms with Gasteiger partial charge in [0.15, 0.2) is 0 Å². The van der Waals surface area contributed by atoms with E-state index in [1.165, 1.54) is 0 Å². The lowest BCUT2D eigenvalue weighted by Crippen LogP contribution is -2.53. The van der Waals surface area contributed by atoms with Crippen molar-refractivity contribution in [1.29, 1.82) is 0 Å². The molecule has 7 heteroatoms. The van der Waals surface area contributed by atoms with Crippen molar-refractivity contribution in [2.75, 3.05) is 19.6 Å². The molecular weight excluding hydrogens is 316 g/mol. The molecule has 1 aromatic rings. The number of nitrogens with two attached hydrogens (primary N) is 1. The number of halogens is 1. The lowest BCUT2D eigenvalue weighted by molar-refractivity contribution is -0.134. The zero-order valence-corrected chi connectivity index (χ0v) is 14.4. The number of hydrogen-bond donors (Lipinski definition) is 3. The normalized spacial score (nSPS) is 18.7. The molecule has 4 N–H and O–H groups in total. The molecule has 2 rings (SSSR count). The quantitative estimate of drug-likeness (QED) is 0.772. The molecule has 1 heterocycles. The molecule has 128 valence electrons. The molecule has 0 aliphatic carbocycles. The second-order valence-corrected chi connectivity index (χ2v) is 5.82. The smallest absolute Gasteiger partial charge is 0.312 e. The minimum absolute atomic E-state index is 0. The SMILES string of the molecule is Cc1cccc(C(CC(=O)N2CCNC[C@H]2C)NC(N)=O)c1.Cl. The summed E-state index contributed by atoms with van der Waals surface area (Å²) in [6.45, 7) is 6.29. The van der Waals surface area contributed by atoms with E-state index in [0.29, 0.717) is 6.54 Å². The van der Waals surface area contributed by atoms with E-state index in [1.807, 2.05) is 43.0 Å². The summed E-state index contributed by atoms with van der Waals surface area (Å²) in [5.74, 6) is 0.0363. The molecule has 1 aliphatic heterocycles. The summed E-state index contributed by atoms with van der Waals surface area (Å²) in [7, 11) is 0. The molecule has 1 aromatic carbocycles. The molecule has 1 unspecified atom stereocenters. The molecule has 1 aliphatic rings. The number of nitrogens with one attached hydrogen (secondary N) is 2. The van der Waals surface area contributed by atoms with Crippen LogP contribution in [0.2, 0.25) is 0 Å². The summed E-state index contributed by atoms with van der Waals surface area (Å²) >= 11 is 0. The number of piperazine rings is 1. The number of nitrogens with zero attached hydrogens (tertiary/aromatic N) is 1. The molecule has 2 atom stereocenters. The molecule has 0 bridgehead atoms. The van der Waals surface area contributed by atoms with Crippen LogP contribution in [0.1, 0.15) is 30.5 Å². The number of hydrogen-bond acceptors (Lipinski definition) is 3. The maximum Gasteiger partial charge on any atom is 0.312 e. The van der Waals surface area contributed by atoms with Gasteiger partial charge in [-0.05, 0) is 19.4 Å². The first-order chi connectivity index (χ1) is 10.5. The standard InChI is InChI=1S/C16H24N4O2.ClH/c1-11-4-3-5-13(8-11)14(19-16(17)22)9-15(21)20-7-6-18-10-12(20)2;/h3-5,8,12,14,18H,6-7,9-10H2,1-2H3,(H3,17,19,22);1H/t12-,14?;/m1./s1. The molecule has 0 spiro atoms. The van der Waals surface area contributed by atoms with Gasteiger partial charge >= 0.3 is 6.03 Å². The minimum Gasteiger partial charge on any atom is -0.352 e. The van der Waals surface area contributed by atoms with Crippen LogP contribution in [-0.4, -0.2) is 42.5 Å². The molecular formula is C16H25ClN4O2. The van der Waals surface area contributed by atoms with Crippen LogP contribution in [0.5, 0.6) is 0 Å². The second-order valence-electron chi connectivity index (χ2n) is 5.82. The van der Waals surface area contributed by atoms with Crippen LogP contribution in [0, 0.1) is 6.92 Å². The zero-order valence-electron chi connectivity index (χ0n) is 13.5. The van der Waals surface area contributed by atoms with Crippen molar-refractivity contribution in [2.24, 2.45) is 5.73 Å². The Morgan fingerprint density at radius 3 is 2.83 bits per heavy atom. The van der Waals surface area contributed by atoms with Gasteiger partial charge in [0.25, 0.3) is 0 Å². The van der Waals surface area contributed by atoms with E-state index < -0.39 is 12.1 Å². The molecule has 23 heavy (non-hydrogen) atoms. The third-order valence-corrected chi connectivity index (χ3v) is 3.96. The van der Waals surface area contributed by atoms with E-state index in [-0.39, 0.29) is 30.8 Å². The summed E-state index contributed by atoms with van der Waals surface area (Å²) in [6.07, 6.45) is 0.219. The van der Waals surface area contributed by atoms with Crippen molar-refractivity contribution in [1.82, 2.24) is 15.5 Å². The fourth-order valence-electron chi connectivity index (χ4n) is 2.81. The first kappa shape index (κ1) is 19.3. The maximum atomic E-state index is 12.6. The van der Waals surface area contributed by atoms with E-state index in [4.69, 9.17) is 5.73 Å². The first-order valence-corrected chi connectivity index (χ1v) is 7.60. The Morgan fingerprint density at radius 1 is 1.48 bits per heavy atom. The number of carbonyl (C=O) groups excluding carboxylic acids is 2. The highest BCUT2D eigenvalue weighted by Gasteiger charge is 2.26. The van der Waals surface area contributed by atoms with Gasteiger partial charge in [-0.1, -0.05) is 29.8 Å². The number of primary amides is 1. The summed E-state index contributed by atoms with van der Waals surface area (Å²) in [5, 5.41) is 5.94. The van der Waals surface area contributed by atoms with Crippen molar-refractivity contribution >= 4 is 24.3 Å². The van der Waals surface area contributed by atoms with Crippen LogP contribution >= 0.6 is 12.4 Å². The third-order valence-electron chi connectivity index (χ3n) is 3.96. The highest BCUT2D eigenvalue weighted by atomic mass is 35.5. The Morgan fingerprint density at radius 2 is 2.22 bits per heavy atom. The van der Waals surface area contributed by atoms with Crippen LogP contribution in [0.4, 0.5) is 4.79 Å². The van der Waals surface area contributed by atoms with Crippen LogP contribution in [0.15, 0.2) is 24.3 Å². The number of urea groups is 1. The Hall–Kier alpha value is -1.79. The Labute approximate surface area is 143 Å². The largest absolute Gasteiger partial charge is 0.352 e. The topological polar surface area (TPSA) is 87.5 Å². The van der Waals surface area contributed by atoms with Crippen LogP contribution in [0.3, 0.4) is 0 Å². The predicted molar refractivity (Wildman–Crippen MR) is 92.5 cm³/mol. The van der Waals surface area contributed by atoms with Gasteiger partial charge in [-0.15, -0.1) is 12.4 Å². The van der Waals surface area contributed by atoms with Gasteiger partial charge in [-0.25, -0.2) is 4.79 Å². The Balaban J connectivity index is 0.00000264. The monoisotopic (exact) mass is 340 g/mol.